The van der Waals surface area contributed by atoms with Crippen LogP contribution in [0.5, 0.6) is 0 Å². The molecule has 1 aromatic rings. The molecule has 94 valence electrons. The van der Waals surface area contributed by atoms with Crippen LogP contribution in [0.25, 0.3) is 0 Å². The van der Waals surface area contributed by atoms with Crippen molar-refractivity contribution in [2.75, 3.05) is 12.4 Å². The molecule has 1 atom stereocenters. The molecule has 0 aliphatic carbocycles. The highest BCUT2D eigenvalue weighted by Gasteiger charge is 2.06. The second-order valence-electron chi connectivity index (χ2n) is 4.10. The predicted molar refractivity (Wildman–Crippen MR) is 73.2 cm³/mol. The predicted octanol–water partition coefficient (Wildman–Crippen LogP) is 3.51. The third-order valence-electron chi connectivity index (χ3n) is 2.62. The van der Waals surface area contributed by atoms with Crippen LogP contribution in [-0.4, -0.2) is 19.1 Å². The number of hydrogen-bond donors (Lipinski definition) is 1. The highest BCUT2D eigenvalue weighted by atomic mass is 79.9. The third kappa shape index (κ3) is 4.88. The van der Waals surface area contributed by atoms with Gasteiger partial charge in [0.25, 0.3) is 0 Å². The molecule has 0 bridgehead atoms. The zero-order valence-electron chi connectivity index (χ0n) is 10.4. The highest BCUT2D eigenvalue weighted by Crippen LogP contribution is 2.20. The normalized spacial score (nSPS) is 12.2. The average Bonchev–Trinajstić information content (AvgIpc) is 2.31. The summed E-state index contributed by atoms with van der Waals surface area (Å²) < 4.78 is 6.14. The van der Waals surface area contributed by atoms with E-state index in [9.17, 15) is 4.79 Å². The van der Waals surface area contributed by atoms with E-state index in [2.05, 4.69) is 21.2 Å². The van der Waals surface area contributed by atoms with Crippen molar-refractivity contribution in [3.8, 4) is 0 Å². The molecular weight excluding hydrogens is 282 g/mol. The maximum absolute atomic E-state index is 11.7. The second-order valence-corrected chi connectivity index (χ2v) is 4.95. The van der Waals surface area contributed by atoms with Crippen LogP contribution in [-0.2, 0) is 9.53 Å². The number of ether oxygens (including phenoxy) is 1. The Labute approximate surface area is 111 Å². The molecule has 1 N–H and O–H groups in total. The summed E-state index contributed by atoms with van der Waals surface area (Å²) >= 11 is 3.43. The van der Waals surface area contributed by atoms with Crippen LogP contribution in [0.3, 0.4) is 0 Å². The van der Waals surface area contributed by atoms with Crippen molar-refractivity contribution < 1.29 is 9.53 Å². The number of benzene rings is 1. The summed E-state index contributed by atoms with van der Waals surface area (Å²) in [6.45, 7) is 3.95. The summed E-state index contributed by atoms with van der Waals surface area (Å²) in [5.74, 6) is 0.0237. The molecule has 0 aliphatic rings. The van der Waals surface area contributed by atoms with Gasteiger partial charge in [-0.05, 0) is 44.0 Å². The molecule has 1 aromatic carbocycles. The van der Waals surface area contributed by atoms with Gasteiger partial charge in [-0.2, -0.15) is 0 Å². The first-order valence-corrected chi connectivity index (χ1v) is 6.41. The van der Waals surface area contributed by atoms with Gasteiger partial charge in [-0.15, -0.1) is 0 Å². The number of halogens is 1. The number of anilines is 1. The Balaban J connectivity index is 2.48. The second kappa shape index (κ2) is 6.77. The van der Waals surface area contributed by atoms with Gasteiger partial charge in [-0.25, -0.2) is 0 Å². The molecule has 0 fully saturated rings. The van der Waals surface area contributed by atoms with Gasteiger partial charge in [0.1, 0.15) is 0 Å². The Morgan fingerprint density at radius 3 is 2.82 bits per heavy atom. The van der Waals surface area contributed by atoms with Crippen LogP contribution in [0.15, 0.2) is 22.7 Å². The molecule has 1 amide bonds. The van der Waals surface area contributed by atoms with Gasteiger partial charge in [0.2, 0.25) is 5.91 Å². The fraction of sp³-hybridized carbons (Fsp3) is 0.462. The Morgan fingerprint density at radius 2 is 2.24 bits per heavy atom. The number of nitrogens with one attached hydrogen (secondary N) is 1. The molecular formula is C13H18BrNO2. The fourth-order valence-electron chi connectivity index (χ4n) is 1.40. The van der Waals surface area contributed by atoms with Gasteiger partial charge >= 0.3 is 0 Å². The van der Waals surface area contributed by atoms with E-state index >= 15 is 0 Å². The van der Waals surface area contributed by atoms with E-state index in [1.54, 1.807) is 7.11 Å². The molecule has 0 saturated carbocycles. The minimum absolute atomic E-state index is 0.0237. The van der Waals surface area contributed by atoms with E-state index in [1.165, 1.54) is 0 Å². The van der Waals surface area contributed by atoms with Crippen LogP contribution in [0.2, 0.25) is 0 Å². The van der Waals surface area contributed by atoms with Gasteiger partial charge in [0.05, 0.1) is 6.10 Å². The summed E-state index contributed by atoms with van der Waals surface area (Å²) in [6, 6.07) is 5.76. The first-order chi connectivity index (χ1) is 8.02. The fourth-order valence-corrected chi connectivity index (χ4v) is 1.64. The van der Waals surface area contributed by atoms with Crippen LogP contribution in [0.1, 0.15) is 25.3 Å². The van der Waals surface area contributed by atoms with Gasteiger partial charge in [-0.1, -0.05) is 15.9 Å². The summed E-state index contributed by atoms with van der Waals surface area (Å²) in [6.07, 6.45) is 1.33. The molecule has 0 spiro atoms. The van der Waals surface area contributed by atoms with Crippen molar-refractivity contribution in [1.29, 1.82) is 0 Å². The maximum Gasteiger partial charge on any atom is 0.224 e. The molecule has 0 heterocycles. The lowest BCUT2D eigenvalue weighted by Gasteiger charge is -2.10. The van der Waals surface area contributed by atoms with Gasteiger partial charge in [0.15, 0.2) is 0 Å². The first-order valence-electron chi connectivity index (χ1n) is 5.61. The van der Waals surface area contributed by atoms with E-state index in [1.807, 2.05) is 32.0 Å². The monoisotopic (exact) mass is 299 g/mol. The van der Waals surface area contributed by atoms with Crippen molar-refractivity contribution >= 4 is 27.5 Å². The standard InChI is InChI=1S/C13H18BrNO2/c1-9-8-11(5-6-12(9)14)15-13(16)7-4-10(2)17-3/h5-6,8,10H,4,7H2,1-3H3,(H,15,16). The quantitative estimate of drug-likeness (QED) is 0.903. The molecule has 4 heteroatoms. The molecule has 0 aliphatic heterocycles. The SMILES string of the molecule is COC(C)CCC(=O)Nc1ccc(Br)c(C)c1. The molecule has 1 unspecified atom stereocenters. The Kier molecular flexibility index (Phi) is 5.65. The van der Waals surface area contributed by atoms with E-state index in [0.29, 0.717) is 6.42 Å². The Hall–Kier alpha value is -0.870. The van der Waals surface area contributed by atoms with Crippen molar-refractivity contribution in [3.05, 3.63) is 28.2 Å². The van der Waals surface area contributed by atoms with E-state index in [0.717, 1.165) is 22.1 Å². The number of carbonyl (C=O) groups excluding carboxylic acids is 1. The average molecular weight is 300 g/mol. The molecule has 0 aromatic heterocycles. The summed E-state index contributed by atoms with van der Waals surface area (Å²) in [5.41, 5.74) is 1.94. The lowest BCUT2D eigenvalue weighted by molar-refractivity contribution is -0.116. The van der Waals surface area contributed by atoms with Gasteiger partial charge in [0, 0.05) is 23.7 Å². The first kappa shape index (κ1) is 14.2. The molecule has 17 heavy (non-hydrogen) atoms. The van der Waals surface area contributed by atoms with Gasteiger partial charge < -0.3 is 10.1 Å². The smallest absolute Gasteiger partial charge is 0.224 e. The van der Waals surface area contributed by atoms with E-state index in [-0.39, 0.29) is 12.0 Å². The largest absolute Gasteiger partial charge is 0.382 e. The Morgan fingerprint density at radius 1 is 1.53 bits per heavy atom. The summed E-state index contributed by atoms with van der Waals surface area (Å²) in [7, 11) is 1.65. The number of carbonyl (C=O) groups is 1. The van der Waals surface area contributed by atoms with Crippen LogP contribution in [0.4, 0.5) is 5.69 Å². The van der Waals surface area contributed by atoms with E-state index in [4.69, 9.17) is 4.74 Å². The van der Waals surface area contributed by atoms with Crippen LogP contribution >= 0.6 is 15.9 Å². The summed E-state index contributed by atoms with van der Waals surface area (Å²) in [4.78, 5) is 11.7. The minimum atomic E-state index is 0.0237. The Bertz CT molecular complexity index is 393. The highest BCUT2D eigenvalue weighted by molar-refractivity contribution is 9.10. The van der Waals surface area contributed by atoms with Crippen molar-refractivity contribution in [1.82, 2.24) is 0 Å². The lowest BCUT2D eigenvalue weighted by Crippen LogP contribution is -2.15. The van der Waals surface area contributed by atoms with Crippen LogP contribution in [0, 0.1) is 6.92 Å². The molecule has 0 radical (unpaired) electrons. The number of amides is 1. The van der Waals surface area contributed by atoms with Gasteiger partial charge in [-0.3, -0.25) is 4.79 Å². The zero-order valence-corrected chi connectivity index (χ0v) is 12.0. The summed E-state index contributed by atoms with van der Waals surface area (Å²) in [5, 5.41) is 2.87. The minimum Gasteiger partial charge on any atom is -0.382 e. The third-order valence-corrected chi connectivity index (χ3v) is 3.51. The number of rotatable bonds is 5. The van der Waals surface area contributed by atoms with Crippen LogP contribution < -0.4 is 5.32 Å². The van der Waals surface area contributed by atoms with Crippen molar-refractivity contribution in [2.45, 2.75) is 32.8 Å². The molecule has 3 nitrogen and oxygen atoms in total. The van der Waals surface area contributed by atoms with Crippen molar-refractivity contribution in [2.24, 2.45) is 0 Å². The number of aryl methyl sites for hydroxylation is 1. The number of hydrogen-bond acceptors (Lipinski definition) is 2. The van der Waals surface area contributed by atoms with E-state index < -0.39 is 0 Å². The lowest BCUT2D eigenvalue weighted by atomic mass is 10.2. The number of methoxy groups -OCH3 is 1. The molecule has 1 rings (SSSR count). The topological polar surface area (TPSA) is 38.3 Å². The van der Waals surface area contributed by atoms with Crippen molar-refractivity contribution in [3.63, 3.8) is 0 Å². The maximum atomic E-state index is 11.7. The molecule has 0 saturated heterocycles. The zero-order chi connectivity index (χ0) is 12.8.